The SMILES string of the molecule is CCN(CC)S(=O)(=O)c1ccc(O)c(NC(=O)CCN2C(=O)C3CCCCC3C2=O)c1. The van der Waals surface area contributed by atoms with Crippen LogP contribution in [0, 0.1) is 11.8 Å². The van der Waals surface area contributed by atoms with E-state index in [1.165, 1.54) is 27.4 Å². The molecule has 1 saturated heterocycles. The fraction of sp³-hybridized carbons (Fsp3) is 0.571. The molecule has 1 aliphatic carbocycles. The molecule has 1 aromatic carbocycles. The van der Waals surface area contributed by atoms with Crippen molar-refractivity contribution in [1.82, 2.24) is 9.21 Å². The van der Waals surface area contributed by atoms with Crippen LogP contribution in [0.4, 0.5) is 5.69 Å². The van der Waals surface area contributed by atoms with Gasteiger partial charge < -0.3 is 10.4 Å². The van der Waals surface area contributed by atoms with Crippen molar-refractivity contribution in [3.05, 3.63) is 18.2 Å². The lowest BCUT2D eigenvalue weighted by Crippen LogP contribution is -2.34. The third kappa shape index (κ3) is 4.59. The van der Waals surface area contributed by atoms with Gasteiger partial charge in [-0.25, -0.2) is 8.42 Å². The number of sulfonamides is 1. The van der Waals surface area contributed by atoms with Gasteiger partial charge in [0.25, 0.3) is 0 Å². The van der Waals surface area contributed by atoms with Gasteiger partial charge in [0.1, 0.15) is 5.75 Å². The van der Waals surface area contributed by atoms with Gasteiger partial charge in [-0.15, -0.1) is 0 Å². The molecule has 2 fully saturated rings. The number of amides is 3. The van der Waals surface area contributed by atoms with E-state index < -0.39 is 15.9 Å². The van der Waals surface area contributed by atoms with Crippen LogP contribution in [0.3, 0.4) is 0 Å². The summed E-state index contributed by atoms with van der Waals surface area (Å²) in [4.78, 5) is 38.6. The van der Waals surface area contributed by atoms with Crippen LogP contribution in [0.2, 0.25) is 0 Å². The summed E-state index contributed by atoms with van der Waals surface area (Å²) < 4.78 is 26.7. The second kappa shape index (κ2) is 9.35. The monoisotopic (exact) mass is 451 g/mol. The number of nitrogens with one attached hydrogen (secondary N) is 1. The lowest BCUT2D eigenvalue weighted by atomic mass is 9.81. The molecule has 0 radical (unpaired) electrons. The highest BCUT2D eigenvalue weighted by atomic mass is 32.2. The van der Waals surface area contributed by atoms with Crippen molar-refractivity contribution >= 4 is 33.4 Å². The third-order valence-electron chi connectivity index (χ3n) is 6.08. The summed E-state index contributed by atoms with van der Waals surface area (Å²) in [6.07, 6.45) is 3.14. The van der Waals surface area contributed by atoms with E-state index >= 15 is 0 Å². The lowest BCUT2D eigenvalue weighted by Gasteiger charge is -2.19. The third-order valence-corrected chi connectivity index (χ3v) is 8.13. The quantitative estimate of drug-likeness (QED) is 0.460. The minimum atomic E-state index is -3.76. The number of nitrogens with zero attached hydrogens (tertiary/aromatic N) is 2. The molecule has 1 saturated carbocycles. The largest absolute Gasteiger partial charge is 0.506 e. The van der Waals surface area contributed by atoms with Crippen LogP contribution >= 0.6 is 0 Å². The van der Waals surface area contributed by atoms with Gasteiger partial charge in [0.15, 0.2) is 0 Å². The number of fused-ring (bicyclic) bond motifs is 1. The number of phenolic OH excluding ortho intramolecular Hbond substituents is 1. The average Bonchev–Trinajstić information content (AvgIpc) is 2.99. The minimum absolute atomic E-state index is 0.0330. The Hall–Kier alpha value is -2.46. The van der Waals surface area contributed by atoms with Gasteiger partial charge in [0.05, 0.1) is 22.4 Å². The molecule has 2 aliphatic rings. The molecule has 9 nitrogen and oxygen atoms in total. The van der Waals surface area contributed by atoms with Crippen LogP contribution in [0.1, 0.15) is 46.0 Å². The van der Waals surface area contributed by atoms with E-state index in [1.807, 2.05) is 0 Å². The maximum absolute atomic E-state index is 12.7. The molecular formula is C21H29N3O6S. The first-order valence-corrected chi connectivity index (χ1v) is 12.1. The summed E-state index contributed by atoms with van der Waals surface area (Å²) in [5.41, 5.74) is -0.0361. The zero-order valence-electron chi connectivity index (χ0n) is 17.8. The number of aromatic hydroxyl groups is 1. The molecule has 2 N–H and O–H groups in total. The van der Waals surface area contributed by atoms with Crippen molar-refractivity contribution in [1.29, 1.82) is 0 Å². The molecule has 3 rings (SSSR count). The van der Waals surface area contributed by atoms with Crippen LogP contribution in [-0.2, 0) is 24.4 Å². The summed E-state index contributed by atoms with van der Waals surface area (Å²) in [6, 6.07) is 3.70. The maximum atomic E-state index is 12.7. The number of benzene rings is 1. The van der Waals surface area contributed by atoms with E-state index in [4.69, 9.17) is 0 Å². The molecule has 0 bridgehead atoms. The van der Waals surface area contributed by atoms with Crippen molar-refractivity contribution in [2.24, 2.45) is 11.8 Å². The second-order valence-corrected chi connectivity index (χ2v) is 9.83. The van der Waals surface area contributed by atoms with Gasteiger partial charge >= 0.3 is 0 Å². The summed E-state index contributed by atoms with van der Waals surface area (Å²) in [5.74, 6) is -1.75. The molecular weight excluding hydrogens is 422 g/mol. The van der Waals surface area contributed by atoms with Crippen molar-refractivity contribution < 1.29 is 27.9 Å². The molecule has 3 amide bonds. The number of likely N-dealkylation sites (tertiary alicyclic amines) is 1. The molecule has 170 valence electrons. The summed E-state index contributed by atoms with van der Waals surface area (Å²) in [7, 11) is -3.76. The summed E-state index contributed by atoms with van der Waals surface area (Å²) >= 11 is 0. The molecule has 10 heteroatoms. The molecule has 0 spiro atoms. The Morgan fingerprint density at radius 3 is 2.26 bits per heavy atom. The number of carbonyl (C=O) groups is 3. The van der Waals surface area contributed by atoms with E-state index in [2.05, 4.69) is 5.32 Å². The van der Waals surface area contributed by atoms with E-state index in [9.17, 15) is 27.9 Å². The van der Waals surface area contributed by atoms with Crippen LogP contribution < -0.4 is 5.32 Å². The molecule has 31 heavy (non-hydrogen) atoms. The minimum Gasteiger partial charge on any atom is -0.506 e. The molecule has 0 aromatic heterocycles. The Kier molecular flexibility index (Phi) is 7.00. The number of imide groups is 1. The smallest absolute Gasteiger partial charge is 0.243 e. The van der Waals surface area contributed by atoms with E-state index in [0.717, 1.165) is 12.8 Å². The van der Waals surface area contributed by atoms with Gasteiger partial charge in [0.2, 0.25) is 27.7 Å². The first kappa shape index (κ1) is 23.2. The highest BCUT2D eigenvalue weighted by molar-refractivity contribution is 7.89. The van der Waals surface area contributed by atoms with Crippen LogP contribution in [0.25, 0.3) is 0 Å². The number of carbonyl (C=O) groups excluding carboxylic acids is 3. The van der Waals surface area contributed by atoms with Crippen molar-refractivity contribution in [2.75, 3.05) is 25.0 Å². The Bertz CT molecular complexity index is 949. The number of hydrogen-bond acceptors (Lipinski definition) is 6. The number of hydrogen-bond donors (Lipinski definition) is 2. The zero-order valence-corrected chi connectivity index (χ0v) is 18.7. The standard InChI is InChI=1S/C21H29N3O6S/c1-3-23(4-2)31(29,30)14-9-10-18(25)17(13-14)22-19(26)11-12-24-20(27)15-7-5-6-8-16(15)21(24)28/h9-10,13,15-16,25H,3-8,11-12H2,1-2H3,(H,22,26). The highest BCUT2D eigenvalue weighted by Gasteiger charge is 2.47. The van der Waals surface area contributed by atoms with Gasteiger partial charge in [-0.2, -0.15) is 4.31 Å². The van der Waals surface area contributed by atoms with Crippen LogP contribution in [0.5, 0.6) is 5.75 Å². The Morgan fingerprint density at radius 2 is 1.71 bits per heavy atom. The number of phenols is 1. The summed E-state index contributed by atoms with van der Waals surface area (Å²) in [5, 5.41) is 12.6. The van der Waals surface area contributed by atoms with E-state index in [1.54, 1.807) is 13.8 Å². The zero-order chi connectivity index (χ0) is 22.8. The Labute approximate surface area is 182 Å². The van der Waals surface area contributed by atoms with Crippen LogP contribution in [0.15, 0.2) is 23.1 Å². The second-order valence-electron chi connectivity index (χ2n) is 7.89. The van der Waals surface area contributed by atoms with Crippen LogP contribution in [-0.4, -0.2) is 60.1 Å². The van der Waals surface area contributed by atoms with Gasteiger partial charge in [-0.3, -0.25) is 19.3 Å². The number of anilines is 1. The fourth-order valence-electron chi connectivity index (χ4n) is 4.37. The predicted octanol–water partition coefficient (Wildman–Crippen LogP) is 1.93. The first-order valence-electron chi connectivity index (χ1n) is 10.7. The molecule has 2 atom stereocenters. The van der Waals surface area contributed by atoms with Crippen molar-refractivity contribution in [3.8, 4) is 5.75 Å². The van der Waals surface area contributed by atoms with Gasteiger partial charge in [0, 0.05) is 26.1 Å². The highest BCUT2D eigenvalue weighted by Crippen LogP contribution is 2.38. The van der Waals surface area contributed by atoms with Gasteiger partial charge in [-0.1, -0.05) is 26.7 Å². The van der Waals surface area contributed by atoms with Gasteiger partial charge in [-0.05, 0) is 31.0 Å². The van der Waals surface area contributed by atoms with E-state index in [-0.39, 0.29) is 52.9 Å². The Balaban J connectivity index is 1.67. The molecule has 1 aliphatic heterocycles. The maximum Gasteiger partial charge on any atom is 0.243 e. The summed E-state index contributed by atoms with van der Waals surface area (Å²) in [6.45, 7) is 4.00. The molecule has 2 unspecified atom stereocenters. The molecule has 1 aromatic rings. The van der Waals surface area contributed by atoms with Crippen molar-refractivity contribution in [2.45, 2.75) is 50.8 Å². The predicted molar refractivity (Wildman–Crippen MR) is 114 cm³/mol. The topological polar surface area (TPSA) is 124 Å². The Morgan fingerprint density at radius 1 is 1.13 bits per heavy atom. The lowest BCUT2D eigenvalue weighted by molar-refractivity contribution is -0.140. The first-order chi connectivity index (χ1) is 14.7. The van der Waals surface area contributed by atoms with Crippen molar-refractivity contribution in [3.63, 3.8) is 0 Å². The average molecular weight is 452 g/mol. The number of rotatable bonds is 8. The normalized spacial score (nSPS) is 21.5. The fourth-order valence-corrected chi connectivity index (χ4v) is 5.85. The molecule has 1 heterocycles. The van der Waals surface area contributed by atoms with E-state index in [0.29, 0.717) is 25.9 Å².